The van der Waals surface area contributed by atoms with Crippen molar-refractivity contribution in [1.82, 2.24) is 15.1 Å². The molecule has 4 nitrogen and oxygen atoms in total. The van der Waals surface area contributed by atoms with Gasteiger partial charge in [-0.15, -0.1) is 0 Å². The second kappa shape index (κ2) is 9.16. The normalized spacial score (nSPS) is 10.7. The molecule has 150 valence electrons. The van der Waals surface area contributed by atoms with Crippen LogP contribution in [-0.2, 0) is 6.42 Å². The van der Waals surface area contributed by atoms with Crippen molar-refractivity contribution in [2.45, 2.75) is 6.42 Å². The zero-order chi connectivity index (χ0) is 20.9. The minimum Gasteiger partial charge on any atom is -0.350 e. The quantitative estimate of drug-likeness (QED) is 0.414. The molecule has 0 saturated carbocycles. The Morgan fingerprint density at radius 3 is 2.30 bits per heavy atom. The van der Waals surface area contributed by atoms with Crippen LogP contribution in [0.1, 0.15) is 16.1 Å². The van der Waals surface area contributed by atoms with Crippen LogP contribution in [0.4, 0.5) is 0 Å². The summed E-state index contributed by atoms with van der Waals surface area (Å²) >= 11 is 12.2. The summed E-state index contributed by atoms with van der Waals surface area (Å²) in [5.74, 6) is -0.196. The summed E-state index contributed by atoms with van der Waals surface area (Å²) in [5, 5.41) is 8.84. The lowest BCUT2D eigenvalue weighted by molar-refractivity contribution is 0.0946. The molecule has 0 aliphatic carbocycles. The first-order valence-electron chi connectivity index (χ1n) is 9.55. The van der Waals surface area contributed by atoms with Crippen molar-refractivity contribution < 1.29 is 4.79 Å². The van der Waals surface area contributed by atoms with Gasteiger partial charge in [-0.3, -0.25) is 4.79 Å². The summed E-state index contributed by atoms with van der Waals surface area (Å²) in [7, 11) is 0. The van der Waals surface area contributed by atoms with Gasteiger partial charge in [-0.2, -0.15) is 5.10 Å². The lowest BCUT2D eigenvalue weighted by atomic mass is 10.1. The van der Waals surface area contributed by atoms with Gasteiger partial charge in [-0.1, -0.05) is 77.8 Å². The molecule has 6 heteroatoms. The highest BCUT2D eigenvalue weighted by atomic mass is 35.5. The van der Waals surface area contributed by atoms with Gasteiger partial charge in [0.15, 0.2) is 0 Å². The molecule has 0 fully saturated rings. The first-order chi connectivity index (χ1) is 14.6. The molecule has 3 aromatic carbocycles. The Labute approximate surface area is 185 Å². The molecule has 1 amide bonds. The third-order valence-electron chi connectivity index (χ3n) is 4.71. The van der Waals surface area contributed by atoms with E-state index in [-0.39, 0.29) is 5.91 Å². The zero-order valence-electron chi connectivity index (χ0n) is 16.1. The summed E-state index contributed by atoms with van der Waals surface area (Å²) in [5.41, 5.74) is 3.93. The molecule has 0 radical (unpaired) electrons. The van der Waals surface area contributed by atoms with Crippen molar-refractivity contribution >= 4 is 29.1 Å². The minimum atomic E-state index is -0.196. The van der Waals surface area contributed by atoms with Gasteiger partial charge in [-0.25, -0.2) is 4.68 Å². The van der Waals surface area contributed by atoms with E-state index in [4.69, 9.17) is 23.2 Å². The molecule has 0 saturated heterocycles. The van der Waals surface area contributed by atoms with E-state index >= 15 is 0 Å². The van der Waals surface area contributed by atoms with Gasteiger partial charge in [0.2, 0.25) is 0 Å². The summed E-state index contributed by atoms with van der Waals surface area (Å²) in [6.45, 7) is 0.445. The van der Waals surface area contributed by atoms with Crippen LogP contribution in [0.15, 0.2) is 84.9 Å². The van der Waals surface area contributed by atoms with Gasteiger partial charge < -0.3 is 5.32 Å². The van der Waals surface area contributed by atoms with Crippen molar-refractivity contribution in [3.63, 3.8) is 0 Å². The van der Waals surface area contributed by atoms with Crippen LogP contribution < -0.4 is 5.32 Å². The third-order valence-corrected chi connectivity index (χ3v) is 5.29. The molecule has 0 aliphatic rings. The van der Waals surface area contributed by atoms with Crippen molar-refractivity contribution in [1.29, 1.82) is 0 Å². The van der Waals surface area contributed by atoms with Gasteiger partial charge in [0.05, 0.1) is 11.4 Å². The SMILES string of the molecule is O=C(NCCc1ccc(Cl)cc1Cl)c1cc(-c2ccccc2)nn1-c1ccccc1. The van der Waals surface area contributed by atoms with Crippen molar-refractivity contribution in [2.75, 3.05) is 6.54 Å². The van der Waals surface area contributed by atoms with E-state index in [0.717, 1.165) is 22.5 Å². The largest absolute Gasteiger partial charge is 0.350 e. The predicted octanol–water partition coefficient (Wildman–Crippen LogP) is 5.82. The van der Waals surface area contributed by atoms with E-state index in [1.807, 2.05) is 72.8 Å². The smallest absolute Gasteiger partial charge is 0.270 e. The molecule has 0 unspecified atom stereocenters. The van der Waals surface area contributed by atoms with E-state index in [2.05, 4.69) is 10.4 Å². The Hall–Kier alpha value is -3.08. The fraction of sp³-hybridized carbons (Fsp3) is 0.0833. The number of hydrogen-bond acceptors (Lipinski definition) is 2. The van der Waals surface area contributed by atoms with Gasteiger partial charge in [-0.05, 0) is 42.3 Å². The molecule has 1 N–H and O–H groups in total. The molecule has 0 atom stereocenters. The van der Waals surface area contributed by atoms with E-state index in [1.165, 1.54) is 0 Å². The summed E-state index contributed by atoms with van der Waals surface area (Å²) in [4.78, 5) is 13.0. The van der Waals surface area contributed by atoms with Gasteiger partial charge in [0, 0.05) is 22.2 Å². The molecule has 4 rings (SSSR count). The standard InChI is InChI=1S/C24H19Cl2N3O/c25-19-12-11-17(21(26)15-19)13-14-27-24(30)23-16-22(18-7-3-1-4-8-18)28-29(23)20-9-5-2-6-10-20/h1-12,15-16H,13-14H2,(H,27,30). The number of aromatic nitrogens is 2. The summed E-state index contributed by atoms with van der Waals surface area (Å²) in [6.07, 6.45) is 0.604. The molecule has 1 heterocycles. The van der Waals surface area contributed by atoms with Crippen LogP contribution in [0.5, 0.6) is 0 Å². The van der Waals surface area contributed by atoms with Crippen LogP contribution >= 0.6 is 23.2 Å². The van der Waals surface area contributed by atoms with E-state index in [9.17, 15) is 4.79 Å². The number of nitrogens with zero attached hydrogens (tertiary/aromatic N) is 2. The average Bonchev–Trinajstić information content (AvgIpc) is 3.22. The molecule has 4 aromatic rings. The average molecular weight is 436 g/mol. The first kappa shape index (κ1) is 20.2. The molecule has 0 bridgehead atoms. The lowest BCUT2D eigenvalue weighted by Gasteiger charge is -2.09. The summed E-state index contributed by atoms with van der Waals surface area (Å²) in [6, 6.07) is 26.6. The number of rotatable bonds is 6. The Kier molecular flexibility index (Phi) is 6.17. The zero-order valence-corrected chi connectivity index (χ0v) is 17.6. The molecule has 1 aromatic heterocycles. The second-order valence-electron chi connectivity index (χ2n) is 6.77. The fourth-order valence-electron chi connectivity index (χ4n) is 3.18. The number of para-hydroxylation sites is 1. The molecule has 30 heavy (non-hydrogen) atoms. The lowest BCUT2D eigenvalue weighted by Crippen LogP contribution is -2.27. The predicted molar refractivity (Wildman–Crippen MR) is 121 cm³/mol. The molecular formula is C24H19Cl2N3O. The van der Waals surface area contributed by atoms with Crippen LogP contribution in [0, 0.1) is 0 Å². The van der Waals surface area contributed by atoms with Crippen molar-refractivity contribution in [2.24, 2.45) is 0 Å². The maximum Gasteiger partial charge on any atom is 0.270 e. The maximum atomic E-state index is 13.0. The Morgan fingerprint density at radius 2 is 1.60 bits per heavy atom. The monoisotopic (exact) mass is 435 g/mol. The highest BCUT2D eigenvalue weighted by Gasteiger charge is 2.17. The van der Waals surface area contributed by atoms with Crippen molar-refractivity contribution in [3.8, 4) is 16.9 Å². The van der Waals surface area contributed by atoms with Crippen LogP contribution in [0.25, 0.3) is 16.9 Å². The number of benzene rings is 3. The molecule has 0 spiro atoms. The summed E-state index contributed by atoms with van der Waals surface area (Å²) < 4.78 is 1.67. The third kappa shape index (κ3) is 4.56. The molecular weight excluding hydrogens is 417 g/mol. The van der Waals surface area contributed by atoms with Crippen LogP contribution in [-0.4, -0.2) is 22.2 Å². The Morgan fingerprint density at radius 1 is 0.900 bits per heavy atom. The number of hydrogen-bond donors (Lipinski definition) is 1. The van der Waals surface area contributed by atoms with Crippen LogP contribution in [0.2, 0.25) is 10.0 Å². The number of nitrogens with one attached hydrogen (secondary N) is 1. The first-order valence-corrected chi connectivity index (χ1v) is 10.3. The number of carbonyl (C=O) groups excluding carboxylic acids is 1. The minimum absolute atomic E-state index is 0.196. The Bertz CT molecular complexity index is 1160. The highest BCUT2D eigenvalue weighted by Crippen LogP contribution is 2.23. The second-order valence-corrected chi connectivity index (χ2v) is 7.61. The fourth-order valence-corrected chi connectivity index (χ4v) is 3.69. The molecule has 0 aliphatic heterocycles. The van der Waals surface area contributed by atoms with Gasteiger partial charge >= 0.3 is 0 Å². The van der Waals surface area contributed by atoms with Gasteiger partial charge in [0.25, 0.3) is 5.91 Å². The maximum absolute atomic E-state index is 13.0. The van der Waals surface area contributed by atoms with E-state index < -0.39 is 0 Å². The van der Waals surface area contributed by atoms with Crippen molar-refractivity contribution in [3.05, 3.63) is 106 Å². The topological polar surface area (TPSA) is 46.9 Å². The van der Waals surface area contributed by atoms with Crippen LogP contribution in [0.3, 0.4) is 0 Å². The van der Waals surface area contributed by atoms with E-state index in [0.29, 0.717) is 28.7 Å². The number of amides is 1. The van der Waals surface area contributed by atoms with Gasteiger partial charge in [0.1, 0.15) is 5.69 Å². The number of carbonyl (C=O) groups is 1. The highest BCUT2D eigenvalue weighted by molar-refractivity contribution is 6.35. The Balaban J connectivity index is 1.57. The number of halogens is 2. The van der Waals surface area contributed by atoms with E-state index in [1.54, 1.807) is 16.8 Å².